The Morgan fingerprint density at radius 1 is 1.03 bits per heavy atom. The molecule has 3 aromatic rings. The Hall–Kier alpha value is -4.31. The molecule has 9 nitrogen and oxygen atoms in total. The Morgan fingerprint density at radius 2 is 1.65 bits per heavy atom. The van der Waals surface area contributed by atoms with Crippen molar-refractivity contribution in [2.75, 3.05) is 11.4 Å². The number of nitro groups is 1. The van der Waals surface area contributed by atoms with Gasteiger partial charge in [0.1, 0.15) is 5.92 Å². The van der Waals surface area contributed by atoms with Gasteiger partial charge in [-0.05, 0) is 49.6 Å². The standard InChI is InChI=1S/C27H27N3O6S/c1-3-29(23-12-8-5-9-13-23)27(32)24(18-22-15-14-20(2)25(19-22)30(33)34)26(31)28-37(35,36)17-16-21-10-6-4-7-11-21/h4-17,19,24H,3,18H2,1-2H3,(H,28,31)/b17-16+. The van der Waals surface area contributed by atoms with Crippen molar-refractivity contribution in [1.29, 1.82) is 0 Å². The lowest BCUT2D eigenvalue weighted by molar-refractivity contribution is -0.385. The van der Waals surface area contributed by atoms with E-state index in [1.165, 1.54) is 23.1 Å². The zero-order valence-corrected chi connectivity index (χ0v) is 21.2. The number of hydrogen-bond donors (Lipinski definition) is 1. The van der Waals surface area contributed by atoms with Crippen molar-refractivity contribution in [3.63, 3.8) is 0 Å². The highest BCUT2D eigenvalue weighted by molar-refractivity contribution is 7.93. The monoisotopic (exact) mass is 521 g/mol. The maximum Gasteiger partial charge on any atom is 0.272 e. The van der Waals surface area contributed by atoms with Gasteiger partial charge in [-0.15, -0.1) is 0 Å². The molecule has 0 heterocycles. The predicted octanol–water partition coefficient (Wildman–Crippen LogP) is 4.23. The Labute approximate surface area is 215 Å². The summed E-state index contributed by atoms with van der Waals surface area (Å²) in [5, 5.41) is 12.3. The Kier molecular flexibility index (Phi) is 8.91. The maximum atomic E-state index is 13.6. The molecule has 37 heavy (non-hydrogen) atoms. The van der Waals surface area contributed by atoms with Crippen molar-refractivity contribution in [2.24, 2.45) is 5.92 Å². The molecule has 3 aromatic carbocycles. The fourth-order valence-electron chi connectivity index (χ4n) is 3.75. The summed E-state index contributed by atoms with van der Waals surface area (Å²) < 4.78 is 27.3. The molecule has 0 aromatic heterocycles. The number of para-hydroxylation sites is 1. The molecule has 1 N–H and O–H groups in total. The van der Waals surface area contributed by atoms with Crippen LogP contribution < -0.4 is 9.62 Å². The largest absolute Gasteiger partial charge is 0.312 e. The molecule has 192 valence electrons. The van der Waals surface area contributed by atoms with E-state index in [-0.39, 0.29) is 18.7 Å². The third kappa shape index (κ3) is 7.34. The average molecular weight is 522 g/mol. The number of hydrogen-bond acceptors (Lipinski definition) is 6. The molecule has 0 saturated heterocycles. The molecule has 0 radical (unpaired) electrons. The minimum atomic E-state index is -4.23. The van der Waals surface area contributed by atoms with E-state index in [4.69, 9.17) is 0 Å². The highest BCUT2D eigenvalue weighted by atomic mass is 32.2. The molecule has 0 spiro atoms. The van der Waals surface area contributed by atoms with E-state index >= 15 is 0 Å². The minimum Gasteiger partial charge on any atom is -0.312 e. The lowest BCUT2D eigenvalue weighted by Crippen LogP contribution is -2.46. The lowest BCUT2D eigenvalue weighted by atomic mass is 9.95. The Bertz CT molecular complexity index is 1410. The topological polar surface area (TPSA) is 127 Å². The van der Waals surface area contributed by atoms with Crippen LogP contribution >= 0.6 is 0 Å². The first-order valence-electron chi connectivity index (χ1n) is 11.5. The Balaban J connectivity index is 1.94. The molecule has 0 saturated carbocycles. The zero-order chi connectivity index (χ0) is 27.0. The van der Waals surface area contributed by atoms with Gasteiger partial charge in [-0.25, -0.2) is 13.1 Å². The Morgan fingerprint density at radius 3 is 2.24 bits per heavy atom. The molecule has 0 aliphatic rings. The molecular formula is C27H27N3O6S. The number of carbonyl (C=O) groups excluding carboxylic acids is 2. The summed E-state index contributed by atoms with van der Waals surface area (Å²) in [6.07, 6.45) is 1.10. The van der Waals surface area contributed by atoms with Crippen molar-refractivity contribution in [3.8, 4) is 0 Å². The summed E-state index contributed by atoms with van der Waals surface area (Å²) in [6, 6.07) is 21.7. The first-order valence-corrected chi connectivity index (χ1v) is 13.1. The first kappa shape index (κ1) is 27.3. The summed E-state index contributed by atoms with van der Waals surface area (Å²) in [6.45, 7) is 3.54. The summed E-state index contributed by atoms with van der Waals surface area (Å²) in [7, 11) is -4.23. The van der Waals surface area contributed by atoms with Crippen LogP contribution in [0.5, 0.6) is 0 Å². The van der Waals surface area contributed by atoms with E-state index in [2.05, 4.69) is 0 Å². The second-order valence-corrected chi connectivity index (χ2v) is 9.84. The van der Waals surface area contributed by atoms with Gasteiger partial charge in [-0.3, -0.25) is 19.7 Å². The van der Waals surface area contributed by atoms with Gasteiger partial charge in [0.05, 0.1) is 10.3 Å². The third-order valence-electron chi connectivity index (χ3n) is 5.66. The van der Waals surface area contributed by atoms with Crippen LogP contribution in [0.4, 0.5) is 11.4 Å². The minimum absolute atomic E-state index is 0.155. The van der Waals surface area contributed by atoms with Gasteiger partial charge in [0.15, 0.2) is 0 Å². The predicted molar refractivity (Wildman–Crippen MR) is 142 cm³/mol. The van der Waals surface area contributed by atoms with Crippen LogP contribution in [0.25, 0.3) is 6.08 Å². The maximum absolute atomic E-state index is 13.6. The number of nitrogens with one attached hydrogen (secondary N) is 1. The third-order valence-corrected chi connectivity index (χ3v) is 6.64. The molecule has 1 unspecified atom stereocenters. The molecule has 2 amide bonds. The number of nitro benzene ring substituents is 1. The van der Waals surface area contributed by atoms with Crippen LogP contribution in [0.2, 0.25) is 0 Å². The smallest absolute Gasteiger partial charge is 0.272 e. The average Bonchev–Trinajstić information content (AvgIpc) is 2.88. The zero-order valence-electron chi connectivity index (χ0n) is 20.4. The molecule has 0 aliphatic heterocycles. The van der Waals surface area contributed by atoms with Gasteiger partial charge < -0.3 is 4.90 Å². The first-order chi connectivity index (χ1) is 17.6. The van der Waals surface area contributed by atoms with Crippen molar-refractivity contribution < 1.29 is 22.9 Å². The van der Waals surface area contributed by atoms with E-state index in [0.717, 1.165) is 5.41 Å². The number of anilines is 1. The highest BCUT2D eigenvalue weighted by Gasteiger charge is 2.33. The van der Waals surface area contributed by atoms with Crippen LogP contribution in [0.1, 0.15) is 23.6 Å². The van der Waals surface area contributed by atoms with Gasteiger partial charge in [0, 0.05) is 23.9 Å². The normalized spacial score (nSPS) is 12.2. The van der Waals surface area contributed by atoms with Gasteiger partial charge >= 0.3 is 0 Å². The number of aryl methyl sites for hydroxylation is 1. The van der Waals surface area contributed by atoms with Crippen molar-refractivity contribution in [3.05, 3.63) is 111 Å². The number of nitrogens with zero attached hydrogens (tertiary/aromatic N) is 2. The number of carbonyl (C=O) groups is 2. The van der Waals surface area contributed by atoms with Gasteiger partial charge in [0.2, 0.25) is 11.8 Å². The second kappa shape index (κ2) is 12.1. The highest BCUT2D eigenvalue weighted by Crippen LogP contribution is 2.24. The van der Waals surface area contributed by atoms with Gasteiger partial charge in [-0.2, -0.15) is 0 Å². The van der Waals surface area contributed by atoms with E-state index in [1.807, 2.05) is 4.72 Å². The quantitative estimate of drug-likeness (QED) is 0.242. The number of sulfonamides is 1. The molecule has 0 fully saturated rings. The van der Waals surface area contributed by atoms with E-state index in [0.29, 0.717) is 22.4 Å². The van der Waals surface area contributed by atoms with E-state index < -0.39 is 32.7 Å². The van der Waals surface area contributed by atoms with E-state index in [1.54, 1.807) is 80.6 Å². The number of benzene rings is 3. The van der Waals surface area contributed by atoms with Crippen LogP contribution in [0, 0.1) is 23.0 Å². The second-order valence-electron chi connectivity index (χ2n) is 8.28. The van der Waals surface area contributed by atoms with Crippen LogP contribution in [-0.2, 0) is 26.0 Å². The van der Waals surface area contributed by atoms with Crippen molar-refractivity contribution in [1.82, 2.24) is 4.72 Å². The fraction of sp³-hybridized carbons (Fsp3) is 0.185. The van der Waals surface area contributed by atoms with Crippen LogP contribution in [-0.4, -0.2) is 31.7 Å². The van der Waals surface area contributed by atoms with E-state index in [9.17, 15) is 28.1 Å². The number of amides is 2. The summed E-state index contributed by atoms with van der Waals surface area (Å²) in [4.78, 5) is 39.1. The summed E-state index contributed by atoms with van der Waals surface area (Å²) in [5.74, 6) is -3.11. The molecule has 10 heteroatoms. The van der Waals surface area contributed by atoms with Gasteiger partial charge in [0.25, 0.3) is 15.7 Å². The SMILES string of the molecule is CCN(C(=O)C(Cc1ccc(C)c([N+](=O)[O-])c1)C(=O)NS(=O)(=O)/C=C/c1ccccc1)c1ccccc1. The lowest BCUT2D eigenvalue weighted by Gasteiger charge is -2.26. The van der Waals surface area contributed by atoms with Gasteiger partial charge in [-0.1, -0.05) is 60.7 Å². The summed E-state index contributed by atoms with van der Waals surface area (Å²) in [5.41, 5.74) is 1.77. The summed E-state index contributed by atoms with van der Waals surface area (Å²) >= 11 is 0. The fourth-order valence-corrected chi connectivity index (χ4v) is 4.57. The van der Waals surface area contributed by atoms with Crippen molar-refractivity contribution in [2.45, 2.75) is 20.3 Å². The van der Waals surface area contributed by atoms with Crippen LogP contribution in [0.15, 0.2) is 84.3 Å². The molecule has 0 bridgehead atoms. The number of rotatable bonds is 10. The molecule has 3 rings (SSSR count). The molecule has 0 aliphatic carbocycles. The molecule has 1 atom stereocenters. The van der Waals surface area contributed by atoms with Crippen molar-refractivity contribution >= 4 is 39.3 Å². The molecular weight excluding hydrogens is 494 g/mol. The van der Waals surface area contributed by atoms with Crippen LogP contribution in [0.3, 0.4) is 0 Å².